The summed E-state index contributed by atoms with van der Waals surface area (Å²) < 4.78 is 5.41. The molecule has 3 nitrogen and oxygen atoms in total. The topological polar surface area (TPSA) is 51.0 Å². The van der Waals surface area contributed by atoms with E-state index in [9.17, 15) is 0 Å². The van der Waals surface area contributed by atoms with Crippen molar-refractivity contribution in [3.05, 3.63) is 29.0 Å². The van der Waals surface area contributed by atoms with E-state index < -0.39 is 0 Å². The Kier molecular flexibility index (Phi) is 1.98. The highest BCUT2D eigenvalue weighted by molar-refractivity contribution is 5.91. The molecular formula is C13H16N2O. The average molecular weight is 216 g/mol. The summed E-state index contributed by atoms with van der Waals surface area (Å²) in [6, 6.07) is 4.55. The van der Waals surface area contributed by atoms with Crippen LogP contribution in [0.3, 0.4) is 0 Å². The Labute approximate surface area is 94.6 Å². The maximum absolute atomic E-state index is 5.98. The minimum Gasteiger partial charge on any atom is -0.495 e. The number of hydrogen-bond donors (Lipinski definition) is 2. The first kappa shape index (κ1) is 9.73. The van der Waals surface area contributed by atoms with Gasteiger partial charge in [-0.05, 0) is 36.6 Å². The van der Waals surface area contributed by atoms with E-state index in [1.54, 1.807) is 7.11 Å². The van der Waals surface area contributed by atoms with Crippen LogP contribution in [0.4, 0.5) is 0 Å². The highest BCUT2D eigenvalue weighted by Gasteiger charge is 2.24. The van der Waals surface area contributed by atoms with Crippen molar-refractivity contribution in [2.45, 2.75) is 25.8 Å². The maximum Gasteiger partial charge on any atom is 0.143 e. The molecule has 1 aromatic carbocycles. The van der Waals surface area contributed by atoms with Crippen LogP contribution in [0.15, 0.2) is 12.1 Å². The highest BCUT2D eigenvalue weighted by Crippen LogP contribution is 2.35. The van der Waals surface area contributed by atoms with Gasteiger partial charge in [0.25, 0.3) is 0 Å². The minimum atomic E-state index is 0.275. The number of fused-ring (bicyclic) bond motifs is 3. The van der Waals surface area contributed by atoms with Crippen molar-refractivity contribution < 1.29 is 4.74 Å². The number of nitrogens with one attached hydrogen (secondary N) is 1. The number of H-pyrrole nitrogens is 1. The summed E-state index contributed by atoms with van der Waals surface area (Å²) in [5.74, 6) is 0.929. The standard InChI is InChI=1S/C13H16N2O/c1-7-3-10-9-5-8(14)6-11(9)15-13(10)12(4-7)16-2/h3-4,8,15H,5-6,14H2,1-2H3. The van der Waals surface area contributed by atoms with E-state index in [4.69, 9.17) is 10.5 Å². The average Bonchev–Trinajstić information content (AvgIpc) is 2.74. The Hall–Kier alpha value is -1.48. The zero-order valence-corrected chi connectivity index (χ0v) is 9.63. The Morgan fingerprint density at radius 1 is 1.38 bits per heavy atom. The number of aryl methyl sites for hydroxylation is 1. The third kappa shape index (κ3) is 1.25. The van der Waals surface area contributed by atoms with Crippen molar-refractivity contribution >= 4 is 10.9 Å². The number of nitrogens with two attached hydrogens (primary N) is 1. The van der Waals surface area contributed by atoms with Gasteiger partial charge in [0.2, 0.25) is 0 Å². The van der Waals surface area contributed by atoms with Gasteiger partial charge in [0.05, 0.1) is 12.6 Å². The first-order valence-electron chi connectivity index (χ1n) is 5.62. The molecule has 3 N–H and O–H groups in total. The monoisotopic (exact) mass is 216 g/mol. The lowest BCUT2D eigenvalue weighted by atomic mass is 10.1. The van der Waals surface area contributed by atoms with Gasteiger partial charge < -0.3 is 15.5 Å². The van der Waals surface area contributed by atoms with E-state index in [1.165, 1.54) is 22.2 Å². The number of benzene rings is 1. The molecule has 0 bridgehead atoms. The highest BCUT2D eigenvalue weighted by atomic mass is 16.5. The molecule has 16 heavy (non-hydrogen) atoms. The van der Waals surface area contributed by atoms with Crippen LogP contribution in [0.5, 0.6) is 5.75 Å². The number of aromatic nitrogens is 1. The predicted molar refractivity (Wildman–Crippen MR) is 65.0 cm³/mol. The van der Waals surface area contributed by atoms with Crippen molar-refractivity contribution in [3.8, 4) is 5.75 Å². The van der Waals surface area contributed by atoms with Crippen LogP contribution >= 0.6 is 0 Å². The van der Waals surface area contributed by atoms with Crippen LogP contribution in [0, 0.1) is 6.92 Å². The molecule has 84 valence electrons. The van der Waals surface area contributed by atoms with E-state index >= 15 is 0 Å². The van der Waals surface area contributed by atoms with Gasteiger partial charge in [0.1, 0.15) is 5.75 Å². The van der Waals surface area contributed by atoms with Crippen molar-refractivity contribution in [1.82, 2.24) is 4.98 Å². The lowest BCUT2D eigenvalue weighted by molar-refractivity contribution is 0.418. The van der Waals surface area contributed by atoms with E-state index in [0.717, 1.165) is 24.1 Å². The molecule has 1 aliphatic rings. The summed E-state index contributed by atoms with van der Waals surface area (Å²) in [7, 11) is 1.71. The molecule has 1 aliphatic carbocycles. The molecule has 1 atom stereocenters. The van der Waals surface area contributed by atoms with E-state index in [2.05, 4.69) is 24.0 Å². The SMILES string of the molecule is COc1cc(C)cc2c3c([nH]c12)CC(N)C3. The summed E-state index contributed by atoms with van der Waals surface area (Å²) >= 11 is 0. The Morgan fingerprint density at radius 3 is 2.94 bits per heavy atom. The number of hydrogen-bond acceptors (Lipinski definition) is 2. The normalized spacial score (nSPS) is 19.1. The molecule has 0 aliphatic heterocycles. The van der Waals surface area contributed by atoms with Crippen LogP contribution < -0.4 is 10.5 Å². The summed E-state index contributed by atoms with van der Waals surface area (Å²) in [6.45, 7) is 2.09. The smallest absolute Gasteiger partial charge is 0.143 e. The molecular weight excluding hydrogens is 200 g/mol. The molecule has 2 aromatic rings. The second-order valence-electron chi connectivity index (χ2n) is 4.64. The number of aromatic amines is 1. The van der Waals surface area contributed by atoms with Gasteiger partial charge in [-0.25, -0.2) is 0 Å². The molecule has 1 aromatic heterocycles. The number of ether oxygens (including phenoxy) is 1. The van der Waals surface area contributed by atoms with Crippen LogP contribution in [-0.4, -0.2) is 18.1 Å². The zero-order chi connectivity index (χ0) is 11.3. The van der Waals surface area contributed by atoms with Crippen molar-refractivity contribution in [1.29, 1.82) is 0 Å². The molecule has 0 amide bonds. The largest absolute Gasteiger partial charge is 0.495 e. The fraction of sp³-hybridized carbons (Fsp3) is 0.385. The van der Waals surface area contributed by atoms with Gasteiger partial charge in [0.15, 0.2) is 0 Å². The minimum absolute atomic E-state index is 0.275. The Bertz CT molecular complexity index is 557. The van der Waals surface area contributed by atoms with Crippen molar-refractivity contribution in [2.75, 3.05) is 7.11 Å². The summed E-state index contributed by atoms with van der Waals surface area (Å²) in [4.78, 5) is 3.45. The summed E-state index contributed by atoms with van der Waals surface area (Å²) in [5, 5.41) is 1.28. The molecule has 0 radical (unpaired) electrons. The third-order valence-electron chi connectivity index (χ3n) is 3.36. The van der Waals surface area contributed by atoms with Crippen LogP contribution in [0.1, 0.15) is 16.8 Å². The van der Waals surface area contributed by atoms with Gasteiger partial charge in [0, 0.05) is 23.5 Å². The van der Waals surface area contributed by atoms with E-state index in [-0.39, 0.29) is 6.04 Å². The third-order valence-corrected chi connectivity index (χ3v) is 3.36. The lowest BCUT2D eigenvalue weighted by Gasteiger charge is -2.05. The Morgan fingerprint density at radius 2 is 2.19 bits per heavy atom. The Balaban J connectivity index is 2.30. The first-order valence-corrected chi connectivity index (χ1v) is 5.62. The maximum atomic E-state index is 5.98. The molecule has 0 saturated heterocycles. The van der Waals surface area contributed by atoms with Crippen molar-refractivity contribution in [2.24, 2.45) is 5.73 Å². The van der Waals surface area contributed by atoms with Crippen molar-refractivity contribution in [3.63, 3.8) is 0 Å². The molecule has 0 saturated carbocycles. The van der Waals surface area contributed by atoms with Gasteiger partial charge in [-0.1, -0.05) is 0 Å². The second kappa shape index (κ2) is 3.25. The van der Waals surface area contributed by atoms with Crippen LogP contribution in [0.2, 0.25) is 0 Å². The molecule has 0 fully saturated rings. The predicted octanol–water partition coefficient (Wildman–Crippen LogP) is 1.91. The second-order valence-corrected chi connectivity index (χ2v) is 4.64. The fourth-order valence-electron chi connectivity index (χ4n) is 2.67. The number of methoxy groups -OCH3 is 1. The summed E-state index contributed by atoms with van der Waals surface area (Å²) in [6.07, 6.45) is 1.92. The zero-order valence-electron chi connectivity index (χ0n) is 9.63. The van der Waals surface area contributed by atoms with Crippen LogP contribution in [-0.2, 0) is 12.8 Å². The van der Waals surface area contributed by atoms with E-state index in [0.29, 0.717) is 0 Å². The first-order chi connectivity index (χ1) is 7.69. The number of rotatable bonds is 1. The van der Waals surface area contributed by atoms with Gasteiger partial charge >= 0.3 is 0 Å². The van der Waals surface area contributed by atoms with Crippen LogP contribution in [0.25, 0.3) is 10.9 Å². The molecule has 1 heterocycles. The summed E-state index contributed by atoms with van der Waals surface area (Å²) in [5.41, 5.74) is 11.0. The molecule has 3 rings (SSSR count). The van der Waals surface area contributed by atoms with Gasteiger partial charge in [-0.3, -0.25) is 0 Å². The van der Waals surface area contributed by atoms with Gasteiger partial charge in [-0.15, -0.1) is 0 Å². The molecule has 3 heteroatoms. The quantitative estimate of drug-likeness (QED) is 0.765. The fourth-order valence-corrected chi connectivity index (χ4v) is 2.67. The lowest BCUT2D eigenvalue weighted by Crippen LogP contribution is -2.19. The van der Waals surface area contributed by atoms with Gasteiger partial charge in [-0.2, -0.15) is 0 Å². The van der Waals surface area contributed by atoms with E-state index in [1.807, 2.05) is 0 Å². The molecule has 1 unspecified atom stereocenters. The molecule has 0 spiro atoms.